The summed E-state index contributed by atoms with van der Waals surface area (Å²) in [5, 5.41) is 21.6. The second-order valence-corrected chi connectivity index (χ2v) is 8.64. The van der Waals surface area contributed by atoms with Crippen molar-refractivity contribution in [3.63, 3.8) is 0 Å². The second-order valence-electron chi connectivity index (χ2n) is 7.61. The summed E-state index contributed by atoms with van der Waals surface area (Å²) in [5.41, 5.74) is 3.43. The molecule has 0 aromatic carbocycles. The lowest BCUT2D eigenvalue weighted by Crippen LogP contribution is -2.39. The molecule has 0 amide bonds. The molecule has 1 aliphatic rings. The fourth-order valence-corrected chi connectivity index (χ4v) is 5.04. The van der Waals surface area contributed by atoms with Crippen molar-refractivity contribution in [2.75, 3.05) is 13.1 Å². The quantitative estimate of drug-likeness (QED) is 0.506. The van der Waals surface area contributed by atoms with Gasteiger partial charge in [0.05, 0.1) is 29.5 Å². The average molecular weight is 452 g/mol. The third-order valence-corrected chi connectivity index (χ3v) is 6.70. The van der Waals surface area contributed by atoms with Gasteiger partial charge in [-0.05, 0) is 38.1 Å². The van der Waals surface area contributed by atoms with Crippen molar-refractivity contribution in [1.82, 2.24) is 29.7 Å². The number of hydrogen-bond donors (Lipinski definition) is 1. The Morgan fingerprint density at radius 3 is 2.97 bits per heavy atom. The maximum Gasteiger partial charge on any atom is 0.155 e. The summed E-state index contributed by atoms with van der Waals surface area (Å²) in [6.07, 6.45) is 6.17. The minimum atomic E-state index is -1.01. The monoisotopic (exact) mass is 451 g/mol. The number of pyridine rings is 2. The first-order chi connectivity index (χ1) is 15.6. The molecule has 0 bridgehead atoms. The minimum Gasteiger partial charge on any atom is -0.314 e. The Balaban J connectivity index is 1.62. The Morgan fingerprint density at radius 2 is 2.19 bits per heavy atom. The number of aromatic nitrogens is 5. The smallest absolute Gasteiger partial charge is 0.155 e. The van der Waals surface area contributed by atoms with Crippen LogP contribution in [0.5, 0.6) is 0 Å². The molecule has 4 aromatic heterocycles. The predicted molar refractivity (Wildman–Crippen MR) is 116 cm³/mol. The lowest BCUT2D eigenvalue weighted by molar-refractivity contribution is 0.171. The number of nitrogens with one attached hydrogen (secondary N) is 1. The first-order valence-electron chi connectivity index (χ1n) is 10.2. The van der Waals surface area contributed by atoms with Gasteiger partial charge in [-0.15, -0.1) is 0 Å². The third-order valence-electron chi connectivity index (χ3n) is 5.67. The molecule has 10 heteroatoms. The van der Waals surface area contributed by atoms with Crippen LogP contribution in [0.1, 0.15) is 23.7 Å². The first kappa shape index (κ1) is 20.6. The largest absolute Gasteiger partial charge is 0.314 e. The van der Waals surface area contributed by atoms with Gasteiger partial charge in [-0.25, -0.2) is 18.3 Å². The zero-order chi connectivity index (χ0) is 22.2. The van der Waals surface area contributed by atoms with Crippen LogP contribution < -0.4 is 5.32 Å². The van der Waals surface area contributed by atoms with E-state index in [4.69, 9.17) is 0 Å². The van der Waals surface area contributed by atoms with E-state index in [9.17, 15) is 14.0 Å². The molecule has 0 aliphatic carbocycles. The van der Waals surface area contributed by atoms with E-state index in [-0.39, 0.29) is 11.1 Å². The van der Waals surface area contributed by atoms with Crippen molar-refractivity contribution < 1.29 is 8.78 Å². The van der Waals surface area contributed by atoms with Crippen LogP contribution in [0.2, 0.25) is 0 Å². The summed E-state index contributed by atoms with van der Waals surface area (Å²) in [4.78, 5) is 4.77. The lowest BCUT2D eigenvalue weighted by atomic mass is 10.0. The lowest BCUT2D eigenvalue weighted by Gasteiger charge is -2.28. The maximum absolute atomic E-state index is 14.5. The number of nitriles is 1. The van der Waals surface area contributed by atoms with Crippen LogP contribution >= 0.6 is 11.8 Å². The number of nitrogens with zero attached hydrogens (tertiary/aromatic N) is 6. The van der Waals surface area contributed by atoms with Gasteiger partial charge in [0.15, 0.2) is 5.82 Å². The molecule has 4 aromatic rings. The average Bonchev–Trinajstić information content (AvgIpc) is 3.39. The Kier molecular flexibility index (Phi) is 5.36. The van der Waals surface area contributed by atoms with Crippen LogP contribution in [-0.2, 0) is 0 Å². The molecule has 0 unspecified atom stereocenters. The zero-order valence-electron chi connectivity index (χ0n) is 17.2. The van der Waals surface area contributed by atoms with E-state index >= 15 is 0 Å². The van der Waals surface area contributed by atoms with Gasteiger partial charge in [-0.2, -0.15) is 15.5 Å². The van der Waals surface area contributed by atoms with Gasteiger partial charge in [-0.3, -0.25) is 4.68 Å². The highest BCUT2D eigenvalue weighted by atomic mass is 32.2. The summed E-state index contributed by atoms with van der Waals surface area (Å²) in [5.74, 6) is -0.442. The summed E-state index contributed by atoms with van der Waals surface area (Å²) < 4.78 is 32.2. The van der Waals surface area contributed by atoms with E-state index in [1.54, 1.807) is 21.6 Å². The molecule has 1 saturated heterocycles. The van der Waals surface area contributed by atoms with Crippen molar-refractivity contribution in [2.45, 2.75) is 35.5 Å². The summed E-state index contributed by atoms with van der Waals surface area (Å²) >= 11 is 1.13. The molecular weight excluding hydrogens is 432 g/mol. The van der Waals surface area contributed by atoms with Crippen molar-refractivity contribution in [3.8, 4) is 17.2 Å². The molecule has 32 heavy (non-hydrogen) atoms. The number of piperidine rings is 1. The van der Waals surface area contributed by atoms with Crippen molar-refractivity contribution in [2.24, 2.45) is 0 Å². The second kappa shape index (κ2) is 8.33. The molecule has 0 saturated carbocycles. The molecule has 7 nitrogen and oxygen atoms in total. The molecule has 0 spiro atoms. The highest BCUT2D eigenvalue weighted by Gasteiger charge is 2.28. The minimum absolute atomic E-state index is 0.207. The SMILES string of the molecule is Cc1c(-c2cc(Sc3ncccc3F)c3c(C#N)cnn3c2)cnn1[C@@H]1CCNC[C@@H]1F. The highest BCUT2D eigenvalue weighted by molar-refractivity contribution is 7.99. The van der Waals surface area contributed by atoms with Gasteiger partial charge in [0.2, 0.25) is 0 Å². The van der Waals surface area contributed by atoms with Crippen molar-refractivity contribution in [3.05, 3.63) is 60.1 Å². The van der Waals surface area contributed by atoms with Crippen molar-refractivity contribution >= 4 is 17.3 Å². The number of rotatable bonds is 4. The number of halogens is 2. The number of hydrogen-bond acceptors (Lipinski definition) is 6. The van der Waals surface area contributed by atoms with E-state index in [1.807, 2.05) is 13.0 Å². The predicted octanol–water partition coefficient (Wildman–Crippen LogP) is 3.94. The fraction of sp³-hybridized carbons (Fsp3) is 0.273. The molecular formula is C22H19F2N7S. The van der Waals surface area contributed by atoms with E-state index in [0.29, 0.717) is 28.9 Å². The van der Waals surface area contributed by atoms with Gasteiger partial charge in [-0.1, -0.05) is 11.8 Å². The summed E-state index contributed by atoms with van der Waals surface area (Å²) in [7, 11) is 0. The molecule has 0 radical (unpaired) electrons. The highest BCUT2D eigenvalue weighted by Crippen LogP contribution is 2.37. The van der Waals surface area contributed by atoms with Crippen LogP contribution in [0, 0.1) is 24.1 Å². The van der Waals surface area contributed by atoms with Crippen LogP contribution in [-0.4, -0.2) is 43.6 Å². The molecule has 1 N–H and O–H groups in total. The number of fused-ring (bicyclic) bond motifs is 1. The van der Waals surface area contributed by atoms with Crippen LogP contribution in [0.25, 0.3) is 16.6 Å². The Labute approximate surface area is 187 Å². The first-order valence-corrected chi connectivity index (χ1v) is 11.0. The van der Waals surface area contributed by atoms with E-state index < -0.39 is 12.0 Å². The molecule has 1 aliphatic heterocycles. The standard InChI is InChI=1S/C22H19F2N7S/c1-13-16(10-29-31(13)19-4-6-26-11-18(19)24)14-7-20(32-22-17(23)3-2-5-27-22)21-15(8-25)9-28-30(21)12-14/h2-3,5,7,9-10,12,18-19,26H,4,6,11H2,1H3/t18-,19+/m0/s1. The Bertz CT molecular complexity index is 1340. The Hall–Kier alpha value is -3.29. The topological polar surface area (TPSA) is 83.8 Å². The molecule has 5 rings (SSSR count). The summed E-state index contributed by atoms with van der Waals surface area (Å²) in [6, 6.07) is 6.57. The van der Waals surface area contributed by atoms with E-state index in [0.717, 1.165) is 35.1 Å². The van der Waals surface area contributed by atoms with E-state index in [2.05, 4.69) is 26.6 Å². The number of alkyl halides is 1. The molecule has 5 heterocycles. The summed E-state index contributed by atoms with van der Waals surface area (Å²) in [6.45, 7) is 2.97. The zero-order valence-corrected chi connectivity index (χ0v) is 18.0. The van der Waals surface area contributed by atoms with Gasteiger partial charge in [0, 0.05) is 40.7 Å². The van der Waals surface area contributed by atoms with Crippen LogP contribution in [0.15, 0.2) is 52.9 Å². The molecule has 1 fully saturated rings. The van der Waals surface area contributed by atoms with Gasteiger partial charge in [0.1, 0.15) is 17.3 Å². The van der Waals surface area contributed by atoms with Gasteiger partial charge in [0.25, 0.3) is 0 Å². The van der Waals surface area contributed by atoms with Crippen LogP contribution in [0.4, 0.5) is 8.78 Å². The molecule has 162 valence electrons. The third kappa shape index (κ3) is 3.53. The normalized spacial score (nSPS) is 18.7. The van der Waals surface area contributed by atoms with Gasteiger partial charge < -0.3 is 5.32 Å². The molecule has 2 atom stereocenters. The Morgan fingerprint density at radius 1 is 1.31 bits per heavy atom. The van der Waals surface area contributed by atoms with Crippen LogP contribution in [0.3, 0.4) is 0 Å². The van der Waals surface area contributed by atoms with Crippen molar-refractivity contribution in [1.29, 1.82) is 5.26 Å². The fourth-order valence-electron chi connectivity index (χ4n) is 4.07. The maximum atomic E-state index is 14.5. The van der Waals surface area contributed by atoms with Gasteiger partial charge >= 0.3 is 0 Å². The van der Waals surface area contributed by atoms with E-state index in [1.165, 1.54) is 24.5 Å².